The van der Waals surface area contributed by atoms with Gasteiger partial charge in [-0.3, -0.25) is 0 Å². The average molecular weight is 613 g/mol. The van der Waals surface area contributed by atoms with Crippen LogP contribution in [0.5, 0.6) is 0 Å². The molecule has 0 fully saturated rings. The fraction of sp³-hybridized carbons (Fsp3) is 0.163. The van der Waals surface area contributed by atoms with Gasteiger partial charge in [0, 0.05) is 32.9 Å². The molecule has 0 atom stereocenters. The van der Waals surface area contributed by atoms with E-state index >= 15 is 0 Å². The van der Waals surface area contributed by atoms with Crippen LogP contribution in [0.4, 0.5) is 0 Å². The minimum absolute atomic E-state index is 0.125. The van der Waals surface area contributed by atoms with Crippen LogP contribution in [-0.2, 0) is 5.41 Å². The molecule has 2 aromatic heterocycles. The van der Waals surface area contributed by atoms with Gasteiger partial charge in [0.2, 0.25) is 0 Å². The molecule has 0 amide bonds. The summed E-state index contributed by atoms with van der Waals surface area (Å²) in [5.41, 5.74) is 11.3. The first kappa shape index (κ1) is 28.6. The molecule has 0 spiro atoms. The maximum Gasteiger partial charge on any atom is 0.0775 e. The Morgan fingerprint density at radius 1 is 0.435 bits per heavy atom. The van der Waals surface area contributed by atoms with Crippen molar-refractivity contribution in [3.63, 3.8) is 0 Å². The third-order valence-corrected chi connectivity index (χ3v) is 11.7. The number of rotatable bonds is 4. The molecule has 0 unspecified atom stereocenters. The Morgan fingerprint density at radius 2 is 0.848 bits per heavy atom. The van der Waals surface area contributed by atoms with E-state index in [0.717, 1.165) is 0 Å². The highest BCUT2D eigenvalue weighted by atomic mass is 28.3. The second-order valence-electron chi connectivity index (χ2n) is 14.8. The van der Waals surface area contributed by atoms with Crippen molar-refractivity contribution in [3.05, 3.63) is 139 Å². The monoisotopic (exact) mass is 612 g/mol. The maximum absolute atomic E-state index is 2.42. The molecular formula is C43H40N2Si. The van der Waals surface area contributed by atoms with Gasteiger partial charge in [-0.15, -0.1) is 0 Å². The van der Waals surface area contributed by atoms with Gasteiger partial charge in [0.1, 0.15) is 0 Å². The lowest BCUT2D eigenvalue weighted by Gasteiger charge is -2.19. The van der Waals surface area contributed by atoms with Crippen molar-refractivity contribution in [2.75, 3.05) is 0 Å². The molecule has 8 aromatic rings. The minimum atomic E-state index is -1.37. The molecule has 0 saturated carbocycles. The lowest BCUT2D eigenvalue weighted by atomic mass is 9.87. The van der Waals surface area contributed by atoms with Crippen LogP contribution >= 0.6 is 0 Å². The molecule has 0 N–H and O–H groups in total. The first-order valence-electron chi connectivity index (χ1n) is 16.4. The number of aromatic nitrogens is 2. The fourth-order valence-corrected chi connectivity index (χ4v) is 8.25. The summed E-state index contributed by atoms with van der Waals surface area (Å²) in [6, 6.07) is 49.9. The van der Waals surface area contributed by atoms with Crippen LogP contribution in [0, 0.1) is 0 Å². The highest BCUT2D eigenvalue weighted by Crippen LogP contribution is 2.38. The third kappa shape index (κ3) is 4.61. The zero-order chi connectivity index (χ0) is 31.8. The topological polar surface area (TPSA) is 9.86 Å². The molecule has 0 radical (unpaired) electrons. The summed E-state index contributed by atoms with van der Waals surface area (Å²) < 4.78 is 4.83. The number of para-hydroxylation sites is 2. The van der Waals surface area contributed by atoms with Gasteiger partial charge in [-0.25, -0.2) is 0 Å². The summed E-state index contributed by atoms with van der Waals surface area (Å²) in [5, 5.41) is 6.60. The molecule has 0 aliphatic carbocycles. The number of hydrogen-bond donors (Lipinski definition) is 0. The third-order valence-electron chi connectivity index (χ3n) is 9.66. The highest BCUT2D eigenvalue weighted by Gasteiger charge is 2.19. The second kappa shape index (κ2) is 10.3. The summed E-state index contributed by atoms with van der Waals surface area (Å²) in [4.78, 5) is 0. The van der Waals surface area contributed by atoms with E-state index in [1.54, 1.807) is 0 Å². The van der Waals surface area contributed by atoms with Crippen molar-refractivity contribution in [2.24, 2.45) is 0 Å². The van der Waals surface area contributed by atoms with Crippen molar-refractivity contribution in [3.8, 4) is 22.5 Å². The Hall–Kier alpha value is -4.86. The minimum Gasteiger partial charge on any atom is -0.309 e. The molecule has 226 valence electrons. The number of nitrogens with zero attached hydrogens (tertiary/aromatic N) is 2. The lowest BCUT2D eigenvalue weighted by molar-refractivity contribution is 0.590. The van der Waals surface area contributed by atoms with Crippen molar-refractivity contribution in [2.45, 2.75) is 45.8 Å². The molecular weight excluding hydrogens is 573 g/mol. The molecule has 8 rings (SSSR count). The van der Waals surface area contributed by atoms with E-state index < -0.39 is 8.07 Å². The first-order valence-corrected chi connectivity index (χ1v) is 19.9. The highest BCUT2D eigenvalue weighted by molar-refractivity contribution is 6.88. The van der Waals surface area contributed by atoms with Crippen LogP contribution in [0.2, 0.25) is 19.6 Å². The van der Waals surface area contributed by atoms with Gasteiger partial charge in [-0.2, -0.15) is 0 Å². The summed E-state index contributed by atoms with van der Waals surface area (Å²) in [6.07, 6.45) is 0. The molecule has 2 heterocycles. The molecule has 2 nitrogen and oxygen atoms in total. The van der Waals surface area contributed by atoms with Crippen LogP contribution in [0.1, 0.15) is 26.3 Å². The van der Waals surface area contributed by atoms with E-state index in [0.29, 0.717) is 0 Å². The largest absolute Gasteiger partial charge is 0.309 e. The molecule has 0 saturated heterocycles. The van der Waals surface area contributed by atoms with Gasteiger partial charge in [0.15, 0.2) is 0 Å². The van der Waals surface area contributed by atoms with Gasteiger partial charge in [0.05, 0.1) is 30.1 Å². The quantitative estimate of drug-likeness (QED) is 0.175. The molecule has 3 heteroatoms. The molecule has 6 aromatic carbocycles. The lowest BCUT2D eigenvalue weighted by Crippen LogP contribution is -2.37. The Kier molecular flexibility index (Phi) is 6.42. The normalized spacial score (nSPS) is 12.6. The van der Waals surface area contributed by atoms with Crippen LogP contribution in [0.25, 0.3) is 66.1 Å². The Bertz CT molecular complexity index is 2230. The van der Waals surface area contributed by atoms with Gasteiger partial charge < -0.3 is 9.13 Å². The predicted octanol–water partition coefficient (Wildman–Crippen LogP) is 11.4. The standard InChI is InChI=1S/C43H40N2Si/c1-43(2,3)31-17-19-32(20-18-31)44-39-13-9-7-11-35(39)37-27-29(15-25-41(37)44)30-16-26-42-38(28-30)36-12-8-10-14-40(36)45(42)33-21-23-34(24-22-33)46(4,5)6/h7-28H,1-6H3. The number of benzene rings is 6. The second-order valence-corrected chi connectivity index (χ2v) is 19.8. The van der Waals surface area contributed by atoms with Gasteiger partial charge >= 0.3 is 0 Å². The Labute approximate surface area is 272 Å². The van der Waals surface area contributed by atoms with Crippen molar-refractivity contribution in [1.82, 2.24) is 9.13 Å². The van der Waals surface area contributed by atoms with Gasteiger partial charge in [-0.1, -0.05) is 118 Å². The van der Waals surface area contributed by atoms with Crippen molar-refractivity contribution >= 4 is 56.9 Å². The molecule has 0 bridgehead atoms. The van der Waals surface area contributed by atoms with Crippen LogP contribution in [0.3, 0.4) is 0 Å². The summed E-state index contributed by atoms with van der Waals surface area (Å²) in [5.74, 6) is 0. The summed E-state index contributed by atoms with van der Waals surface area (Å²) >= 11 is 0. The Balaban J connectivity index is 1.27. The Morgan fingerprint density at radius 3 is 1.28 bits per heavy atom. The van der Waals surface area contributed by atoms with Crippen molar-refractivity contribution in [1.29, 1.82) is 0 Å². The molecule has 0 aliphatic heterocycles. The van der Waals surface area contributed by atoms with E-state index in [4.69, 9.17) is 0 Å². The molecule has 0 aliphatic rings. The maximum atomic E-state index is 2.42. The summed E-state index contributed by atoms with van der Waals surface area (Å²) in [7, 11) is -1.37. The van der Waals surface area contributed by atoms with Crippen molar-refractivity contribution < 1.29 is 0 Å². The van der Waals surface area contributed by atoms with Crippen LogP contribution in [-0.4, -0.2) is 17.2 Å². The zero-order valence-electron chi connectivity index (χ0n) is 27.6. The number of fused-ring (bicyclic) bond motifs is 6. The molecule has 46 heavy (non-hydrogen) atoms. The summed E-state index contributed by atoms with van der Waals surface area (Å²) in [6.45, 7) is 14.0. The van der Waals surface area contributed by atoms with E-state index in [-0.39, 0.29) is 5.41 Å². The average Bonchev–Trinajstić information content (AvgIpc) is 3.56. The van der Waals surface area contributed by atoms with Gasteiger partial charge in [-0.05, 0) is 82.8 Å². The van der Waals surface area contributed by atoms with E-state index in [9.17, 15) is 0 Å². The van der Waals surface area contributed by atoms with E-state index in [2.05, 4.69) is 183 Å². The number of hydrogen-bond acceptors (Lipinski definition) is 0. The van der Waals surface area contributed by atoms with E-state index in [1.807, 2.05) is 0 Å². The van der Waals surface area contributed by atoms with Crippen LogP contribution in [0.15, 0.2) is 133 Å². The van der Waals surface area contributed by atoms with Crippen LogP contribution < -0.4 is 5.19 Å². The smallest absolute Gasteiger partial charge is 0.0775 e. The van der Waals surface area contributed by atoms with Gasteiger partial charge in [0.25, 0.3) is 0 Å². The fourth-order valence-electron chi connectivity index (χ4n) is 7.08. The first-order chi connectivity index (χ1) is 22.1. The SMILES string of the molecule is CC(C)(C)c1ccc(-n2c3ccccc3c3cc(-c4ccc5c(c4)c4ccccc4n5-c4ccc([Si](C)(C)C)cc4)ccc32)cc1. The van der Waals surface area contributed by atoms with E-state index in [1.165, 1.54) is 76.9 Å². The predicted molar refractivity (Wildman–Crippen MR) is 202 cm³/mol. The zero-order valence-corrected chi connectivity index (χ0v) is 28.6.